The van der Waals surface area contributed by atoms with E-state index in [4.69, 9.17) is 18.9 Å². The van der Waals surface area contributed by atoms with Gasteiger partial charge in [-0.25, -0.2) is 0 Å². The van der Waals surface area contributed by atoms with Crippen molar-refractivity contribution in [1.82, 2.24) is 14.8 Å². The highest BCUT2D eigenvalue weighted by molar-refractivity contribution is 5.98. The number of benzene rings is 2. The number of aromatic nitrogens is 3. The third-order valence-electron chi connectivity index (χ3n) is 4.23. The molecule has 1 aromatic heterocycles. The first-order valence-corrected chi connectivity index (χ1v) is 8.76. The van der Waals surface area contributed by atoms with E-state index in [0.29, 0.717) is 29.5 Å². The lowest BCUT2D eigenvalue weighted by atomic mass is 10.1. The Morgan fingerprint density at radius 2 is 1.89 bits per heavy atom. The monoisotopic (exact) mass is 381 g/mol. The van der Waals surface area contributed by atoms with Crippen LogP contribution in [0.1, 0.15) is 15.9 Å². The first-order chi connectivity index (χ1) is 13.7. The van der Waals surface area contributed by atoms with E-state index in [-0.39, 0.29) is 25.3 Å². The number of fused-ring (bicyclic) bond motifs is 1. The number of ether oxygens (including phenoxy) is 4. The summed E-state index contributed by atoms with van der Waals surface area (Å²) in [6.45, 7) is 2.81. The molecule has 0 N–H and O–H groups in total. The van der Waals surface area contributed by atoms with Crippen LogP contribution in [0, 0.1) is 6.92 Å². The highest BCUT2D eigenvalue weighted by Gasteiger charge is 2.22. The zero-order valence-corrected chi connectivity index (χ0v) is 15.5. The van der Waals surface area contributed by atoms with Crippen molar-refractivity contribution in [2.24, 2.45) is 0 Å². The lowest BCUT2D eigenvalue weighted by molar-refractivity contribution is 0.0942. The Bertz CT molecular complexity index is 998. The van der Waals surface area contributed by atoms with Gasteiger partial charge in [0, 0.05) is 18.2 Å². The van der Waals surface area contributed by atoms with Gasteiger partial charge in [-0.3, -0.25) is 4.79 Å². The van der Waals surface area contributed by atoms with Crippen molar-refractivity contribution in [3.8, 4) is 28.9 Å². The minimum Gasteiger partial charge on any atom is -0.460 e. The summed E-state index contributed by atoms with van der Waals surface area (Å²) in [5.74, 6) is 1.19. The Morgan fingerprint density at radius 1 is 1.11 bits per heavy atom. The third kappa shape index (κ3) is 3.54. The number of carbonyl (C=O) groups excluding carboxylic acids is 1. The fraction of sp³-hybridized carbons (Fsp3) is 0.250. The van der Waals surface area contributed by atoms with E-state index < -0.39 is 0 Å². The summed E-state index contributed by atoms with van der Waals surface area (Å²) >= 11 is 0. The van der Waals surface area contributed by atoms with E-state index in [0.717, 1.165) is 11.1 Å². The fourth-order valence-corrected chi connectivity index (χ4v) is 2.75. The van der Waals surface area contributed by atoms with Gasteiger partial charge >= 0.3 is 6.01 Å². The van der Waals surface area contributed by atoms with Crippen LogP contribution in [0.25, 0.3) is 11.4 Å². The molecule has 3 aromatic rings. The third-order valence-corrected chi connectivity index (χ3v) is 4.23. The summed E-state index contributed by atoms with van der Waals surface area (Å²) in [6.07, 6.45) is 0. The molecule has 0 amide bonds. The molecule has 0 radical (unpaired) electrons. The molecule has 1 aliphatic heterocycles. The molecular formula is C20H19N3O5. The predicted molar refractivity (Wildman–Crippen MR) is 99.9 cm³/mol. The number of rotatable bonds is 6. The van der Waals surface area contributed by atoms with Crippen LogP contribution < -0.4 is 14.2 Å². The van der Waals surface area contributed by atoms with Gasteiger partial charge in [0.05, 0.1) is 6.61 Å². The summed E-state index contributed by atoms with van der Waals surface area (Å²) in [5.41, 5.74) is 2.27. The molecule has 28 heavy (non-hydrogen) atoms. The van der Waals surface area contributed by atoms with Crippen LogP contribution in [0.4, 0.5) is 0 Å². The molecule has 1 aliphatic rings. The molecule has 0 unspecified atom stereocenters. The van der Waals surface area contributed by atoms with Gasteiger partial charge in [-0.05, 0) is 25.1 Å². The standard InChI is InChI=1S/C20H19N3O5/c1-13-3-5-14(6-4-13)18-21-20(26-10-9-25-2)22-23(18)19(24)15-7-8-16-17(11-15)28-12-27-16/h3-8,11H,9-10,12H2,1-2H3. The fourth-order valence-electron chi connectivity index (χ4n) is 2.75. The van der Waals surface area contributed by atoms with Crippen LogP contribution in [0.3, 0.4) is 0 Å². The van der Waals surface area contributed by atoms with Crippen molar-refractivity contribution in [2.45, 2.75) is 6.92 Å². The highest BCUT2D eigenvalue weighted by atomic mass is 16.7. The first-order valence-electron chi connectivity index (χ1n) is 8.76. The zero-order valence-electron chi connectivity index (χ0n) is 15.5. The van der Waals surface area contributed by atoms with E-state index >= 15 is 0 Å². The normalized spacial score (nSPS) is 12.2. The van der Waals surface area contributed by atoms with Gasteiger partial charge in [-0.2, -0.15) is 9.67 Å². The minimum atomic E-state index is -0.344. The van der Waals surface area contributed by atoms with Crippen molar-refractivity contribution in [3.63, 3.8) is 0 Å². The molecule has 0 saturated heterocycles. The second-order valence-electron chi connectivity index (χ2n) is 6.21. The molecule has 4 rings (SSSR count). The number of aryl methyl sites for hydroxylation is 1. The molecule has 144 valence electrons. The van der Waals surface area contributed by atoms with Crippen LogP contribution in [0.2, 0.25) is 0 Å². The number of carbonyl (C=O) groups is 1. The van der Waals surface area contributed by atoms with Gasteiger partial charge in [0.1, 0.15) is 6.61 Å². The van der Waals surface area contributed by atoms with Gasteiger partial charge in [0.15, 0.2) is 17.3 Å². The average Bonchev–Trinajstić information content (AvgIpc) is 3.34. The lowest BCUT2D eigenvalue weighted by Gasteiger charge is -2.06. The van der Waals surface area contributed by atoms with Crippen molar-refractivity contribution >= 4 is 5.91 Å². The number of methoxy groups -OCH3 is 1. The molecule has 2 heterocycles. The molecule has 0 spiro atoms. The molecular weight excluding hydrogens is 362 g/mol. The number of hydrogen-bond donors (Lipinski definition) is 0. The van der Waals surface area contributed by atoms with Crippen molar-refractivity contribution in [1.29, 1.82) is 0 Å². The first kappa shape index (κ1) is 18.0. The Balaban J connectivity index is 1.71. The summed E-state index contributed by atoms with van der Waals surface area (Å²) in [7, 11) is 1.58. The summed E-state index contributed by atoms with van der Waals surface area (Å²) < 4.78 is 22.4. The summed E-state index contributed by atoms with van der Waals surface area (Å²) in [6, 6.07) is 12.8. The van der Waals surface area contributed by atoms with Crippen LogP contribution in [0.5, 0.6) is 17.5 Å². The molecule has 8 nitrogen and oxygen atoms in total. The van der Waals surface area contributed by atoms with E-state index in [1.54, 1.807) is 25.3 Å². The SMILES string of the molecule is COCCOc1nc(-c2ccc(C)cc2)n(C(=O)c2ccc3c(c2)OCO3)n1. The number of hydrogen-bond acceptors (Lipinski definition) is 7. The van der Waals surface area contributed by atoms with Gasteiger partial charge in [-0.1, -0.05) is 29.8 Å². The summed E-state index contributed by atoms with van der Waals surface area (Å²) in [5, 5.41) is 4.26. The van der Waals surface area contributed by atoms with Gasteiger partial charge in [0.2, 0.25) is 6.79 Å². The van der Waals surface area contributed by atoms with Crippen LogP contribution in [0.15, 0.2) is 42.5 Å². The van der Waals surface area contributed by atoms with Gasteiger partial charge < -0.3 is 18.9 Å². The smallest absolute Gasteiger partial charge is 0.336 e. The van der Waals surface area contributed by atoms with E-state index in [1.165, 1.54) is 4.68 Å². The average molecular weight is 381 g/mol. The Morgan fingerprint density at radius 3 is 2.68 bits per heavy atom. The van der Waals surface area contributed by atoms with Crippen LogP contribution in [-0.2, 0) is 4.74 Å². The van der Waals surface area contributed by atoms with Crippen LogP contribution >= 0.6 is 0 Å². The maximum atomic E-state index is 13.1. The molecule has 0 saturated carbocycles. The van der Waals surface area contributed by atoms with Crippen molar-refractivity contribution < 1.29 is 23.7 Å². The summed E-state index contributed by atoms with van der Waals surface area (Å²) in [4.78, 5) is 17.5. The van der Waals surface area contributed by atoms with E-state index in [9.17, 15) is 4.79 Å². The quantitative estimate of drug-likeness (QED) is 0.607. The highest BCUT2D eigenvalue weighted by Crippen LogP contribution is 2.33. The largest absolute Gasteiger partial charge is 0.460 e. The molecule has 8 heteroatoms. The Hall–Kier alpha value is -3.39. The maximum absolute atomic E-state index is 13.1. The number of nitrogens with zero attached hydrogens (tertiary/aromatic N) is 3. The van der Waals surface area contributed by atoms with Crippen LogP contribution in [-0.4, -0.2) is 47.8 Å². The lowest BCUT2D eigenvalue weighted by Crippen LogP contribution is -2.15. The van der Waals surface area contributed by atoms with Crippen molar-refractivity contribution in [3.05, 3.63) is 53.6 Å². The maximum Gasteiger partial charge on any atom is 0.336 e. The zero-order chi connectivity index (χ0) is 19.5. The predicted octanol–water partition coefficient (Wildman–Crippen LogP) is 2.70. The molecule has 0 atom stereocenters. The van der Waals surface area contributed by atoms with Gasteiger partial charge in [0.25, 0.3) is 5.91 Å². The molecule has 0 aliphatic carbocycles. The Kier molecular flexibility index (Phi) is 4.94. The Labute approximate surface area is 161 Å². The second-order valence-corrected chi connectivity index (χ2v) is 6.21. The minimum absolute atomic E-state index is 0.113. The molecule has 0 fully saturated rings. The second kappa shape index (κ2) is 7.69. The van der Waals surface area contributed by atoms with Crippen molar-refractivity contribution in [2.75, 3.05) is 27.1 Å². The molecule has 0 bridgehead atoms. The van der Waals surface area contributed by atoms with E-state index in [2.05, 4.69) is 10.1 Å². The van der Waals surface area contributed by atoms with Gasteiger partial charge in [-0.15, -0.1) is 5.10 Å². The van der Waals surface area contributed by atoms with E-state index in [1.807, 2.05) is 31.2 Å². The molecule has 2 aromatic carbocycles. The topological polar surface area (TPSA) is 84.7 Å².